The van der Waals surface area contributed by atoms with E-state index < -0.39 is 5.60 Å². The minimum absolute atomic E-state index is 0.469. The van der Waals surface area contributed by atoms with Gasteiger partial charge in [0.1, 0.15) is 4.60 Å². The number of rotatable bonds is 1. The molecule has 4 saturated carbocycles. The van der Waals surface area contributed by atoms with Gasteiger partial charge in [0, 0.05) is 11.8 Å². The van der Waals surface area contributed by atoms with Crippen LogP contribution in [0.3, 0.4) is 0 Å². The largest absolute Gasteiger partial charge is 0.385 e. The van der Waals surface area contributed by atoms with Crippen molar-refractivity contribution in [2.45, 2.75) is 37.7 Å². The molecule has 0 radical (unpaired) electrons. The van der Waals surface area contributed by atoms with Crippen molar-refractivity contribution < 1.29 is 5.11 Å². The van der Waals surface area contributed by atoms with Gasteiger partial charge in [0.25, 0.3) is 0 Å². The highest BCUT2D eigenvalue weighted by molar-refractivity contribution is 9.10. The molecule has 4 aliphatic rings. The van der Waals surface area contributed by atoms with Crippen LogP contribution in [0.15, 0.2) is 22.9 Å². The van der Waals surface area contributed by atoms with Crippen LogP contribution in [0.25, 0.3) is 0 Å². The molecule has 0 atom stereocenters. The highest BCUT2D eigenvalue weighted by atomic mass is 79.9. The molecule has 0 spiro atoms. The maximum absolute atomic E-state index is 11.3. The summed E-state index contributed by atoms with van der Waals surface area (Å²) >= 11 is 3.37. The highest BCUT2D eigenvalue weighted by Gasteiger charge is 2.57. The van der Waals surface area contributed by atoms with Gasteiger partial charge < -0.3 is 5.11 Å². The van der Waals surface area contributed by atoms with Gasteiger partial charge in [-0.1, -0.05) is 6.07 Å². The third-order valence-electron chi connectivity index (χ3n) is 5.57. The van der Waals surface area contributed by atoms with Crippen LogP contribution in [0.5, 0.6) is 0 Å². The lowest BCUT2D eigenvalue weighted by Gasteiger charge is -2.59. The molecular formula is C15H18BrNO. The minimum atomic E-state index is -0.596. The first-order valence-electron chi connectivity index (χ1n) is 7.00. The summed E-state index contributed by atoms with van der Waals surface area (Å²) in [5.74, 6) is 2.71. The summed E-state index contributed by atoms with van der Waals surface area (Å²) in [6.45, 7) is 0. The zero-order chi connectivity index (χ0) is 12.3. The SMILES string of the molecule is OC1(c2ccc(Br)nc2)C2CC3CC(C2)CC1C3. The number of hydrogen-bond donors (Lipinski definition) is 1. The van der Waals surface area contributed by atoms with Gasteiger partial charge in [-0.25, -0.2) is 4.98 Å². The van der Waals surface area contributed by atoms with Crippen LogP contribution < -0.4 is 0 Å². The van der Waals surface area contributed by atoms with Crippen molar-refractivity contribution in [1.82, 2.24) is 4.98 Å². The van der Waals surface area contributed by atoms with Crippen LogP contribution in [-0.4, -0.2) is 10.1 Å². The summed E-state index contributed by atoms with van der Waals surface area (Å²) in [6, 6.07) is 4.01. The van der Waals surface area contributed by atoms with Crippen LogP contribution in [0.1, 0.15) is 37.7 Å². The second-order valence-corrected chi connectivity index (χ2v) is 7.31. The van der Waals surface area contributed by atoms with Crippen LogP contribution in [0.2, 0.25) is 0 Å². The molecule has 2 nitrogen and oxygen atoms in total. The standard InChI is InChI=1S/C15H18BrNO/c16-14-2-1-11(8-17-14)15(18)12-4-9-3-10(6-12)7-13(15)5-9/h1-2,8-10,12-13,18H,3-7H2. The first-order chi connectivity index (χ1) is 8.66. The normalized spacial score (nSPS) is 45.4. The lowest BCUT2D eigenvalue weighted by atomic mass is 9.48. The van der Waals surface area contributed by atoms with E-state index >= 15 is 0 Å². The highest BCUT2D eigenvalue weighted by Crippen LogP contribution is 2.61. The van der Waals surface area contributed by atoms with Crippen molar-refractivity contribution in [2.24, 2.45) is 23.7 Å². The molecule has 0 saturated heterocycles. The molecule has 4 bridgehead atoms. The number of aliphatic hydroxyl groups is 1. The Balaban J connectivity index is 1.76. The van der Waals surface area contributed by atoms with Gasteiger partial charge in [0.05, 0.1) is 5.60 Å². The second kappa shape index (κ2) is 3.80. The zero-order valence-corrected chi connectivity index (χ0v) is 11.9. The Labute approximate surface area is 116 Å². The molecule has 1 N–H and O–H groups in total. The van der Waals surface area contributed by atoms with Gasteiger partial charge in [-0.15, -0.1) is 0 Å². The third kappa shape index (κ3) is 1.47. The number of nitrogens with zero attached hydrogens (tertiary/aromatic N) is 1. The molecule has 4 aliphatic carbocycles. The molecule has 5 rings (SSSR count). The third-order valence-corrected chi connectivity index (χ3v) is 6.04. The smallest absolute Gasteiger partial charge is 0.106 e. The Morgan fingerprint density at radius 2 is 1.67 bits per heavy atom. The first kappa shape index (κ1) is 11.4. The molecule has 1 aromatic rings. The van der Waals surface area contributed by atoms with Crippen LogP contribution in [0, 0.1) is 23.7 Å². The molecule has 1 heterocycles. The Hall–Kier alpha value is -0.410. The fourth-order valence-corrected chi connectivity index (χ4v) is 5.22. The summed E-state index contributed by atoms with van der Waals surface area (Å²) in [6.07, 6.45) is 8.17. The van der Waals surface area contributed by atoms with Gasteiger partial charge in [0.2, 0.25) is 0 Å². The lowest BCUT2D eigenvalue weighted by Crippen LogP contribution is -2.55. The Morgan fingerprint density at radius 1 is 1.06 bits per heavy atom. The summed E-state index contributed by atoms with van der Waals surface area (Å²) < 4.78 is 0.846. The summed E-state index contributed by atoms with van der Waals surface area (Å²) in [5.41, 5.74) is 0.445. The predicted molar refractivity (Wildman–Crippen MR) is 72.9 cm³/mol. The van der Waals surface area contributed by atoms with Crippen LogP contribution >= 0.6 is 15.9 Å². The van der Waals surface area contributed by atoms with E-state index in [1.165, 1.54) is 32.1 Å². The fourth-order valence-electron chi connectivity index (χ4n) is 4.99. The second-order valence-electron chi connectivity index (χ2n) is 6.50. The van der Waals surface area contributed by atoms with Crippen molar-refractivity contribution in [1.29, 1.82) is 0 Å². The first-order valence-corrected chi connectivity index (χ1v) is 7.80. The minimum Gasteiger partial charge on any atom is -0.385 e. The summed E-state index contributed by atoms with van der Waals surface area (Å²) in [4.78, 5) is 4.31. The Bertz CT molecular complexity index is 442. The Morgan fingerprint density at radius 3 is 2.17 bits per heavy atom. The van der Waals surface area contributed by atoms with Crippen molar-refractivity contribution in [2.75, 3.05) is 0 Å². The summed E-state index contributed by atoms with van der Waals surface area (Å²) in [7, 11) is 0. The van der Waals surface area contributed by atoms with E-state index in [-0.39, 0.29) is 0 Å². The van der Waals surface area contributed by atoms with Crippen molar-refractivity contribution >= 4 is 15.9 Å². The topological polar surface area (TPSA) is 33.1 Å². The number of pyridine rings is 1. The molecule has 0 amide bonds. The van der Waals surface area contributed by atoms with Crippen LogP contribution in [-0.2, 0) is 5.60 Å². The Kier molecular flexibility index (Phi) is 2.41. The van der Waals surface area contributed by atoms with Gasteiger partial charge >= 0.3 is 0 Å². The van der Waals surface area contributed by atoms with Gasteiger partial charge in [-0.2, -0.15) is 0 Å². The van der Waals surface area contributed by atoms with Crippen LogP contribution in [0.4, 0.5) is 0 Å². The molecule has 3 heteroatoms. The van der Waals surface area contributed by atoms with E-state index in [1.54, 1.807) is 0 Å². The maximum atomic E-state index is 11.3. The molecule has 1 aromatic heterocycles. The van der Waals surface area contributed by atoms with Gasteiger partial charge in [-0.3, -0.25) is 0 Å². The van der Waals surface area contributed by atoms with E-state index in [2.05, 4.69) is 27.0 Å². The zero-order valence-electron chi connectivity index (χ0n) is 10.3. The monoisotopic (exact) mass is 307 g/mol. The molecular weight excluding hydrogens is 290 g/mol. The lowest BCUT2D eigenvalue weighted by molar-refractivity contribution is -0.179. The molecule has 0 aromatic carbocycles. The van der Waals surface area contributed by atoms with E-state index in [0.29, 0.717) is 11.8 Å². The van der Waals surface area contributed by atoms with E-state index in [9.17, 15) is 5.11 Å². The molecule has 96 valence electrons. The van der Waals surface area contributed by atoms with Gasteiger partial charge in [-0.05, 0) is 77.8 Å². The molecule has 0 aliphatic heterocycles. The van der Waals surface area contributed by atoms with Crippen molar-refractivity contribution in [3.05, 3.63) is 28.5 Å². The fraction of sp³-hybridized carbons (Fsp3) is 0.667. The van der Waals surface area contributed by atoms with Crippen molar-refractivity contribution in [3.8, 4) is 0 Å². The van der Waals surface area contributed by atoms with Crippen molar-refractivity contribution in [3.63, 3.8) is 0 Å². The number of hydrogen-bond acceptors (Lipinski definition) is 2. The van der Waals surface area contributed by atoms with E-state index in [4.69, 9.17) is 0 Å². The predicted octanol–water partition coefficient (Wildman–Crippen LogP) is 3.49. The molecule has 0 unspecified atom stereocenters. The number of aromatic nitrogens is 1. The maximum Gasteiger partial charge on any atom is 0.106 e. The molecule has 18 heavy (non-hydrogen) atoms. The van der Waals surface area contributed by atoms with Gasteiger partial charge in [0.15, 0.2) is 0 Å². The average molecular weight is 308 g/mol. The number of halogens is 1. The average Bonchev–Trinajstić information content (AvgIpc) is 2.35. The quantitative estimate of drug-likeness (QED) is 0.806. The summed E-state index contributed by atoms with van der Waals surface area (Å²) in [5, 5.41) is 11.3. The van der Waals surface area contributed by atoms with E-state index in [1.807, 2.05) is 12.3 Å². The van der Waals surface area contributed by atoms with E-state index in [0.717, 1.165) is 22.0 Å². The molecule has 4 fully saturated rings.